The van der Waals surface area contributed by atoms with Gasteiger partial charge >= 0.3 is 19.8 Å². The highest BCUT2D eigenvalue weighted by atomic mass is 31.2. The molecule has 0 rings (SSSR count). The minimum absolute atomic E-state index is 0.0590. The van der Waals surface area contributed by atoms with E-state index in [1.807, 2.05) is 0 Å². The van der Waals surface area contributed by atoms with Crippen molar-refractivity contribution in [2.75, 3.05) is 26.4 Å². The van der Waals surface area contributed by atoms with Crippen LogP contribution in [-0.4, -0.2) is 49.3 Å². The number of unbranched alkanes of at least 4 members (excludes halogenated alkanes) is 71. The van der Waals surface area contributed by atoms with Gasteiger partial charge in [-0.25, -0.2) is 4.57 Å². The average Bonchev–Trinajstić information content (AvgIpc) is 3.59. The van der Waals surface area contributed by atoms with Crippen molar-refractivity contribution in [3.8, 4) is 0 Å². The molecule has 10 heteroatoms. The number of phosphoric ester groups is 1. The second kappa shape index (κ2) is 81.0. The smallest absolute Gasteiger partial charge is 0.462 e. The van der Waals surface area contributed by atoms with Gasteiger partial charge in [-0.3, -0.25) is 18.6 Å². The fraction of sp³-hybridized carbons (Fsp3) is 0.976. The van der Waals surface area contributed by atoms with E-state index in [1.165, 1.54) is 430 Å². The van der Waals surface area contributed by atoms with Crippen molar-refractivity contribution in [2.24, 2.45) is 5.73 Å². The van der Waals surface area contributed by atoms with Gasteiger partial charge < -0.3 is 20.1 Å². The van der Waals surface area contributed by atoms with Crippen molar-refractivity contribution in [2.45, 2.75) is 502 Å². The summed E-state index contributed by atoms with van der Waals surface area (Å²) in [5, 5.41) is 0. The summed E-state index contributed by atoms with van der Waals surface area (Å²) in [6.45, 7) is 3.86. The third-order valence-electron chi connectivity index (χ3n) is 20.2. The zero-order chi connectivity index (χ0) is 67.9. The zero-order valence-corrected chi connectivity index (χ0v) is 64.7. The van der Waals surface area contributed by atoms with Crippen molar-refractivity contribution < 1.29 is 37.6 Å². The molecule has 0 radical (unpaired) electrons. The van der Waals surface area contributed by atoms with E-state index in [2.05, 4.69) is 13.8 Å². The molecule has 0 aliphatic heterocycles. The molecule has 0 aromatic carbocycles. The van der Waals surface area contributed by atoms with Gasteiger partial charge in [0.15, 0.2) is 6.10 Å². The first-order chi connectivity index (χ1) is 46.3. The summed E-state index contributed by atoms with van der Waals surface area (Å²) in [6, 6.07) is 0. The number of hydrogen-bond donors (Lipinski definition) is 2. The standard InChI is InChI=1S/C84H168NO8P/c1-3-5-7-9-11-13-15-17-19-21-23-25-27-29-31-33-35-37-38-39-40-41-42-43-44-45-47-49-51-53-55-57-59-61-63-65-67-69-71-73-75-77-84(87)93-82(81-92-94(88,89)91-79-78-85)80-90-83(86)76-74-72-70-68-66-64-62-60-58-56-54-52-50-48-46-36-34-32-30-28-26-24-22-20-18-16-14-12-10-8-6-4-2/h82H,3-81,85H2,1-2H3,(H,88,89). The number of rotatable bonds is 84. The van der Waals surface area contributed by atoms with Gasteiger partial charge in [-0.1, -0.05) is 470 Å². The largest absolute Gasteiger partial charge is 0.472 e. The molecule has 0 aliphatic rings. The van der Waals surface area contributed by atoms with E-state index >= 15 is 0 Å². The molecular formula is C84H168NO8P. The fourth-order valence-corrected chi connectivity index (χ4v) is 14.6. The summed E-state index contributed by atoms with van der Waals surface area (Å²) in [5.41, 5.74) is 5.42. The molecule has 0 heterocycles. The maximum absolute atomic E-state index is 12.8. The first-order valence-electron chi connectivity index (χ1n) is 43.0. The molecule has 0 bridgehead atoms. The van der Waals surface area contributed by atoms with Crippen LogP contribution in [0.5, 0.6) is 0 Å². The maximum atomic E-state index is 12.8. The van der Waals surface area contributed by atoms with Crippen molar-refractivity contribution in [3.05, 3.63) is 0 Å². The Morgan fingerprint density at radius 1 is 0.277 bits per heavy atom. The molecule has 0 spiro atoms. The molecule has 3 N–H and O–H groups in total. The number of hydrogen-bond acceptors (Lipinski definition) is 8. The topological polar surface area (TPSA) is 134 Å². The second-order valence-electron chi connectivity index (χ2n) is 29.8. The normalized spacial score (nSPS) is 12.7. The lowest BCUT2D eigenvalue weighted by Gasteiger charge is -2.19. The van der Waals surface area contributed by atoms with Crippen molar-refractivity contribution >= 4 is 19.8 Å². The van der Waals surface area contributed by atoms with Gasteiger partial charge in [0.25, 0.3) is 0 Å². The van der Waals surface area contributed by atoms with E-state index in [9.17, 15) is 19.0 Å². The quantitative estimate of drug-likeness (QED) is 0.0347. The van der Waals surface area contributed by atoms with Gasteiger partial charge in [-0.05, 0) is 12.8 Å². The number of carbonyl (C=O) groups excluding carboxylic acids is 2. The Hall–Kier alpha value is -0.990. The molecule has 94 heavy (non-hydrogen) atoms. The van der Waals surface area contributed by atoms with Gasteiger partial charge in [0.1, 0.15) is 6.61 Å². The van der Waals surface area contributed by atoms with Crippen molar-refractivity contribution in [1.29, 1.82) is 0 Å². The Balaban J connectivity index is 3.68. The van der Waals surface area contributed by atoms with Crippen LogP contribution < -0.4 is 5.73 Å². The predicted octanol–water partition coefficient (Wildman–Crippen LogP) is 28.8. The molecule has 2 atom stereocenters. The Kier molecular flexibility index (Phi) is 80.1. The Bertz CT molecular complexity index is 1500. The van der Waals surface area contributed by atoms with Crippen LogP contribution in [0.1, 0.15) is 495 Å². The summed E-state index contributed by atoms with van der Waals surface area (Å²) in [6.07, 6.45) is 100. The van der Waals surface area contributed by atoms with Gasteiger partial charge in [0, 0.05) is 19.4 Å². The number of carbonyl (C=O) groups is 2. The van der Waals surface area contributed by atoms with Crippen LogP contribution in [0.2, 0.25) is 0 Å². The van der Waals surface area contributed by atoms with Crippen LogP contribution in [0.15, 0.2) is 0 Å². The van der Waals surface area contributed by atoms with Crippen molar-refractivity contribution in [3.63, 3.8) is 0 Å². The van der Waals surface area contributed by atoms with E-state index in [1.54, 1.807) is 0 Å². The highest BCUT2D eigenvalue weighted by molar-refractivity contribution is 7.47. The molecule has 2 unspecified atom stereocenters. The summed E-state index contributed by atoms with van der Waals surface area (Å²) in [4.78, 5) is 35.5. The number of phosphoric acid groups is 1. The van der Waals surface area contributed by atoms with Gasteiger partial charge in [0.2, 0.25) is 0 Å². The van der Waals surface area contributed by atoms with Crippen LogP contribution in [0.25, 0.3) is 0 Å². The summed E-state index contributed by atoms with van der Waals surface area (Å²) >= 11 is 0. The Morgan fingerprint density at radius 3 is 0.649 bits per heavy atom. The SMILES string of the molecule is CCCCCCCCCCCCCCCCCCCCCCCCCCCCCCCCCCCCCCCCCCCC(=O)OC(COC(=O)CCCCCCCCCCCCCCCCCCCCCCCCCCCCCCCCCC)COP(=O)(O)OCCN. The molecule has 0 saturated carbocycles. The van der Waals surface area contributed by atoms with E-state index < -0.39 is 26.5 Å². The first kappa shape index (κ1) is 93.0. The zero-order valence-electron chi connectivity index (χ0n) is 63.8. The summed E-state index contributed by atoms with van der Waals surface area (Å²) in [7, 11) is -4.39. The third kappa shape index (κ3) is 80.0. The molecule has 0 saturated heterocycles. The lowest BCUT2D eigenvalue weighted by molar-refractivity contribution is -0.161. The Morgan fingerprint density at radius 2 is 0.457 bits per heavy atom. The first-order valence-corrected chi connectivity index (χ1v) is 44.5. The lowest BCUT2D eigenvalue weighted by atomic mass is 10.0. The average molecular weight is 1350 g/mol. The Labute approximate surface area is 587 Å². The van der Waals surface area contributed by atoms with Gasteiger partial charge in [0.05, 0.1) is 13.2 Å². The van der Waals surface area contributed by atoms with E-state index in [4.69, 9.17) is 24.3 Å². The molecule has 0 aliphatic carbocycles. The highest BCUT2D eigenvalue weighted by Crippen LogP contribution is 2.43. The van der Waals surface area contributed by atoms with Crippen LogP contribution >= 0.6 is 7.82 Å². The van der Waals surface area contributed by atoms with E-state index in [0.29, 0.717) is 12.8 Å². The van der Waals surface area contributed by atoms with Crippen LogP contribution in [-0.2, 0) is 32.7 Å². The molecular weight excluding hydrogens is 1180 g/mol. The molecule has 562 valence electrons. The molecule has 0 amide bonds. The van der Waals surface area contributed by atoms with Crippen LogP contribution in [0.4, 0.5) is 0 Å². The summed E-state index contributed by atoms with van der Waals surface area (Å²) in [5.74, 6) is -0.793. The van der Waals surface area contributed by atoms with E-state index in [-0.39, 0.29) is 32.1 Å². The number of esters is 2. The number of nitrogens with two attached hydrogens (primary N) is 1. The fourth-order valence-electron chi connectivity index (χ4n) is 13.9. The maximum Gasteiger partial charge on any atom is 0.472 e. The molecule has 0 fully saturated rings. The van der Waals surface area contributed by atoms with Gasteiger partial charge in [-0.2, -0.15) is 0 Å². The van der Waals surface area contributed by atoms with Crippen LogP contribution in [0, 0.1) is 0 Å². The minimum Gasteiger partial charge on any atom is -0.462 e. The highest BCUT2D eigenvalue weighted by Gasteiger charge is 2.26. The van der Waals surface area contributed by atoms with Gasteiger partial charge in [-0.15, -0.1) is 0 Å². The third-order valence-corrected chi connectivity index (χ3v) is 21.2. The minimum atomic E-state index is -4.39. The van der Waals surface area contributed by atoms with E-state index in [0.717, 1.165) is 32.1 Å². The molecule has 0 aromatic rings. The lowest BCUT2D eigenvalue weighted by Crippen LogP contribution is -2.29. The predicted molar refractivity (Wildman–Crippen MR) is 409 cm³/mol. The van der Waals surface area contributed by atoms with Crippen LogP contribution in [0.3, 0.4) is 0 Å². The number of ether oxygens (including phenoxy) is 2. The molecule has 0 aromatic heterocycles. The summed E-state index contributed by atoms with van der Waals surface area (Å²) < 4.78 is 33.3. The molecule has 9 nitrogen and oxygen atoms in total. The monoisotopic (exact) mass is 1350 g/mol. The van der Waals surface area contributed by atoms with Crippen molar-refractivity contribution in [1.82, 2.24) is 0 Å². The second-order valence-corrected chi connectivity index (χ2v) is 31.2.